The molecule has 21 heavy (non-hydrogen) atoms. The Hall–Kier alpha value is -2.06. The first-order valence-electron chi connectivity index (χ1n) is 5.42. The van der Waals surface area contributed by atoms with Crippen LogP contribution in [0.5, 0.6) is 5.75 Å². The minimum Gasteiger partial charge on any atom is -0.432 e. The molecule has 0 aliphatic carbocycles. The number of nitrogen functional groups attached to an aromatic ring is 1. The van der Waals surface area contributed by atoms with Crippen molar-refractivity contribution in [3.63, 3.8) is 0 Å². The molecule has 0 fully saturated rings. The molecule has 0 aliphatic heterocycles. The quantitative estimate of drug-likeness (QED) is 0.799. The number of hydrogen-bond donors (Lipinski definition) is 3. The zero-order valence-corrected chi connectivity index (χ0v) is 11.7. The Morgan fingerprint density at radius 1 is 1.38 bits per heavy atom. The van der Waals surface area contributed by atoms with Crippen LogP contribution in [0.15, 0.2) is 18.3 Å². The van der Waals surface area contributed by atoms with Crippen LogP contribution in [0, 0.1) is 0 Å². The van der Waals surface area contributed by atoms with Crippen LogP contribution >= 0.6 is 23.2 Å². The number of nitrogens with one attached hydrogen (secondary N) is 2. The van der Waals surface area contributed by atoms with E-state index in [1.165, 1.54) is 18.3 Å². The van der Waals surface area contributed by atoms with Crippen LogP contribution in [0.25, 0.3) is 0 Å². The van der Waals surface area contributed by atoms with Gasteiger partial charge >= 0.3 is 6.61 Å². The van der Waals surface area contributed by atoms with Crippen molar-refractivity contribution in [1.82, 2.24) is 10.2 Å². The second-order valence-electron chi connectivity index (χ2n) is 3.80. The summed E-state index contributed by atoms with van der Waals surface area (Å²) in [5.74, 6) is -0.952. The summed E-state index contributed by atoms with van der Waals surface area (Å²) in [6.45, 7) is -3.06. The van der Waals surface area contributed by atoms with E-state index < -0.39 is 12.5 Å². The van der Waals surface area contributed by atoms with Gasteiger partial charge in [-0.3, -0.25) is 9.89 Å². The number of carbonyl (C=O) groups is 1. The number of amides is 1. The van der Waals surface area contributed by atoms with Gasteiger partial charge in [-0.1, -0.05) is 23.2 Å². The number of carbonyl (C=O) groups excluding carboxylic acids is 1. The Morgan fingerprint density at radius 2 is 2.00 bits per heavy atom. The molecule has 112 valence electrons. The molecule has 0 atom stereocenters. The number of nitrogens with two attached hydrogens (primary N) is 1. The van der Waals surface area contributed by atoms with Gasteiger partial charge in [0, 0.05) is 5.69 Å². The van der Waals surface area contributed by atoms with Crippen molar-refractivity contribution in [1.29, 1.82) is 0 Å². The van der Waals surface area contributed by atoms with Gasteiger partial charge in [-0.25, -0.2) is 0 Å². The minimum absolute atomic E-state index is 0.0511. The molecule has 2 rings (SSSR count). The third-order valence-electron chi connectivity index (χ3n) is 2.36. The molecule has 1 aromatic heterocycles. The second kappa shape index (κ2) is 6.15. The monoisotopic (exact) mass is 336 g/mol. The molecule has 2 aromatic rings. The van der Waals surface area contributed by atoms with E-state index in [2.05, 4.69) is 20.3 Å². The number of rotatable bonds is 4. The lowest BCUT2D eigenvalue weighted by atomic mass is 10.2. The van der Waals surface area contributed by atoms with Crippen LogP contribution in [0.4, 0.5) is 20.2 Å². The molecule has 0 bridgehead atoms. The summed E-state index contributed by atoms with van der Waals surface area (Å²) in [7, 11) is 0. The van der Waals surface area contributed by atoms with Gasteiger partial charge in [-0.2, -0.15) is 13.9 Å². The first kappa shape index (κ1) is 15.3. The third kappa shape index (κ3) is 3.53. The molecule has 1 aromatic carbocycles. The Kier molecular flexibility index (Phi) is 4.49. The summed E-state index contributed by atoms with van der Waals surface area (Å²) in [4.78, 5) is 11.9. The van der Waals surface area contributed by atoms with Crippen molar-refractivity contribution in [2.45, 2.75) is 6.61 Å². The lowest BCUT2D eigenvalue weighted by Crippen LogP contribution is -2.14. The zero-order chi connectivity index (χ0) is 15.6. The van der Waals surface area contributed by atoms with Crippen LogP contribution in [0.1, 0.15) is 10.5 Å². The Balaban J connectivity index is 2.22. The maximum Gasteiger partial charge on any atom is 0.387 e. The number of ether oxygens (including phenoxy) is 1. The van der Waals surface area contributed by atoms with Crippen LogP contribution in [0.2, 0.25) is 10.0 Å². The van der Waals surface area contributed by atoms with E-state index in [9.17, 15) is 13.6 Å². The van der Waals surface area contributed by atoms with Crippen LogP contribution in [-0.4, -0.2) is 22.7 Å². The Morgan fingerprint density at radius 3 is 2.48 bits per heavy atom. The van der Waals surface area contributed by atoms with Gasteiger partial charge in [0.15, 0.2) is 5.75 Å². The van der Waals surface area contributed by atoms with Crippen molar-refractivity contribution < 1.29 is 18.3 Å². The average molecular weight is 337 g/mol. The summed E-state index contributed by atoms with van der Waals surface area (Å²) < 4.78 is 28.6. The number of aromatic nitrogens is 2. The maximum atomic E-state index is 12.2. The van der Waals surface area contributed by atoms with Crippen molar-refractivity contribution in [3.05, 3.63) is 34.1 Å². The molecule has 0 radical (unpaired) electrons. The first-order chi connectivity index (χ1) is 9.88. The number of nitrogens with zero attached hydrogens (tertiary/aromatic N) is 1. The molecule has 6 nitrogen and oxygen atoms in total. The molecule has 0 spiro atoms. The van der Waals surface area contributed by atoms with Gasteiger partial charge < -0.3 is 15.8 Å². The molecule has 1 amide bonds. The van der Waals surface area contributed by atoms with Crippen molar-refractivity contribution in [3.8, 4) is 5.75 Å². The number of alkyl halides is 2. The number of benzene rings is 1. The summed E-state index contributed by atoms with van der Waals surface area (Å²) in [5.41, 5.74) is 5.92. The largest absolute Gasteiger partial charge is 0.432 e. The van der Waals surface area contributed by atoms with E-state index in [1.54, 1.807) is 0 Å². The lowest BCUT2D eigenvalue weighted by molar-refractivity contribution is -0.0497. The van der Waals surface area contributed by atoms with E-state index in [0.29, 0.717) is 0 Å². The number of hydrogen-bond acceptors (Lipinski definition) is 4. The van der Waals surface area contributed by atoms with Gasteiger partial charge in [-0.05, 0) is 12.1 Å². The Bertz CT molecular complexity index is 655. The number of halogens is 4. The fraction of sp³-hybridized carbons (Fsp3) is 0.0909. The van der Waals surface area contributed by atoms with Crippen molar-refractivity contribution >= 4 is 40.5 Å². The van der Waals surface area contributed by atoms with Crippen LogP contribution in [-0.2, 0) is 0 Å². The van der Waals surface area contributed by atoms with Crippen LogP contribution in [0.3, 0.4) is 0 Å². The SMILES string of the molecule is Nc1cn[nH]c1C(=O)Nc1cc(Cl)c(OC(F)F)c(Cl)c1. The van der Waals surface area contributed by atoms with E-state index >= 15 is 0 Å². The summed E-state index contributed by atoms with van der Waals surface area (Å²) >= 11 is 11.6. The average Bonchev–Trinajstić information content (AvgIpc) is 2.80. The topological polar surface area (TPSA) is 93.0 Å². The first-order valence-corrected chi connectivity index (χ1v) is 6.18. The third-order valence-corrected chi connectivity index (χ3v) is 2.92. The molecule has 4 N–H and O–H groups in total. The molecule has 0 unspecified atom stereocenters. The zero-order valence-electron chi connectivity index (χ0n) is 10.2. The normalized spacial score (nSPS) is 10.7. The molecule has 0 aliphatic rings. The standard InChI is InChI=1S/C11H8Cl2F2N4O2/c12-5-1-4(2-6(13)9(5)21-11(14)15)18-10(20)8-7(16)3-17-19-8/h1-3,11H,16H2,(H,17,19)(H,18,20). The number of aromatic amines is 1. The van der Waals surface area contributed by atoms with E-state index in [0.717, 1.165) is 0 Å². The van der Waals surface area contributed by atoms with Crippen molar-refractivity contribution in [2.75, 3.05) is 11.1 Å². The molecule has 10 heteroatoms. The summed E-state index contributed by atoms with van der Waals surface area (Å²) in [6.07, 6.45) is 1.27. The molecule has 0 saturated carbocycles. The fourth-order valence-electron chi connectivity index (χ4n) is 1.50. The van der Waals surface area contributed by atoms with Gasteiger partial charge in [-0.15, -0.1) is 0 Å². The summed E-state index contributed by atoms with van der Waals surface area (Å²) in [5, 5.41) is 8.12. The van der Waals surface area contributed by atoms with Gasteiger partial charge in [0.05, 0.1) is 21.9 Å². The van der Waals surface area contributed by atoms with E-state index in [1.807, 2.05) is 0 Å². The second-order valence-corrected chi connectivity index (χ2v) is 4.62. The van der Waals surface area contributed by atoms with Crippen molar-refractivity contribution in [2.24, 2.45) is 0 Å². The predicted molar refractivity (Wildman–Crippen MR) is 74.0 cm³/mol. The van der Waals surface area contributed by atoms with Crippen LogP contribution < -0.4 is 15.8 Å². The smallest absolute Gasteiger partial charge is 0.387 e. The molecule has 1 heterocycles. The number of anilines is 2. The van der Waals surface area contributed by atoms with E-state index in [4.69, 9.17) is 28.9 Å². The molecular weight excluding hydrogens is 329 g/mol. The fourth-order valence-corrected chi connectivity index (χ4v) is 2.08. The maximum absolute atomic E-state index is 12.2. The Labute approximate surface area is 127 Å². The van der Waals surface area contributed by atoms with Gasteiger partial charge in [0.25, 0.3) is 5.91 Å². The highest BCUT2D eigenvalue weighted by atomic mass is 35.5. The highest BCUT2D eigenvalue weighted by Crippen LogP contribution is 2.37. The van der Waals surface area contributed by atoms with Gasteiger partial charge in [0.2, 0.25) is 0 Å². The van der Waals surface area contributed by atoms with E-state index in [-0.39, 0.29) is 32.9 Å². The highest BCUT2D eigenvalue weighted by molar-refractivity contribution is 6.37. The lowest BCUT2D eigenvalue weighted by Gasteiger charge is -2.11. The highest BCUT2D eigenvalue weighted by Gasteiger charge is 2.17. The predicted octanol–water partition coefficient (Wildman–Crippen LogP) is 3.15. The summed E-state index contributed by atoms with van der Waals surface area (Å²) in [6, 6.07) is 2.44. The molecular formula is C11H8Cl2F2N4O2. The number of H-pyrrole nitrogens is 1. The molecule has 0 saturated heterocycles. The minimum atomic E-state index is -3.06. The van der Waals surface area contributed by atoms with Gasteiger partial charge in [0.1, 0.15) is 5.69 Å².